The number of rotatable bonds is 0. The number of hydrogen-bond acceptors (Lipinski definition) is 3. The molecule has 88 valence electrons. The van der Waals surface area contributed by atoms with Crippen LogP contribution in [-0.2, 0) is 9.13 Å². The van der Waals surface area contributed by atoms with Gasteiger partial charge in [0.05, 0.1) is 0 Å². The molecule has 7 N–H and O–H groups in total. The summed E-state index contributed by atoms with van der Waals surface area (Å²) in [5, 5.41) is 7.27. The number of halogens is 1. The van der Waals surface area contributed by atoms with Crippen LogP contribution in [0.5, 0.6) is 0 Å². The highest BCUT2D eigenvalue weighted by atomic mass is 35.5. The Balaban J connectivity index is -0.000000131. The minimum absolute atomic E-state index is 0.361. The fourth-order valence-electron chi connectivity index (χ4n) is 0. The topological polar surface area (TPSA) is 176 Å². The maximum atomic E-state index is 8.88. The van der Waals surface area contributed by atoms with Crippen LogP contribution in [0.1, 0.15) is 0 Å². The lowest BCUT2D eigenvalue weighted by Crippen LogP contribution is -1.66. The Hall–Kier alpha value is 0.0500. The SMILES string of the molecule is C=C(O)Cl.O=P(O)(O)O.O=P(O)(O)O. The molecule has 12 heteroatoms. The fraction of sp³-hybridized carbons (Fsp3) is 0. The molecule has 0 heterocycles. The van der Waals surface area contributed by atoms with E-state index in [4.69, 9.17) is 43.6 Å². The molecule has 0 fully saturated rings. The summed E-state index contributed by atoms with van der Waals surface area (Å²) in [5.41, 5.74) is 0. The van der Waals surface area contributed by atoms with E-state index in [9.17, 15) is 0 Å². The van der Waals surface area contributed by atoms with Crippen molar-refractivity contribution in [2.24, 2.45) is 0 Å². The van der Waals surface area contributed by atoms with Crippen LogP contribution in [0.2, 0.25) is 0 Å². The van der Waals surface area contributed by atoms with Gasteiger partial charge in [-0.3, -0.25) is 0 Å². The van der Waals surface area contributed by atoms with Gasteiger partial charge in [0.2, 0.25) is 0 Å². The molecule has 0 aliphatic heterocycles. The van der Waals surface area contributed by atoms with Gasteiger partial charge >= 0.3 is 15.6 Å². The average molecular weight is 274 g/mol. The Morgan fingerprint density at radius 2 is 0.929 bits per heavy atom. The van der Waals surface area contributed by atoms with Crippen LogP contribution < -0.4 is 0 Å². The molecule has 0 rings (SSSR count). The van der Waals surface area contributed by atoms with Crippen molar-refractivity contribution in [1.82, 2.24) is 0 Å². The summed E-state index contributed by atoms with van der Waals surface area (Å²) in [4.78, 5) is 43.1. The van der Waals surface area contributed by atoms with Crippen LogP contribution in [-0.4, -0.2) is 34.5 Å². The summed E-state index contributed by atoms with van der Waals surface area (Å²) < 4.78 is 17.8. The Morgan fingerprint density at radius 3 is 0.929 bits per heavy atom. The van der Waals surface area contributed by atoms with Crippen LogP contribution in [0.4, 0.5) is 0 Å². The lowest BCUT2D eigenvalue weighted by Gasteiger charge is -1.82. The smallest absolute Gasteiger partial charge is 0.466 e. The van der Waals surface area contributed by atoms with Crippen LogP contribution in [0, 0.1) is 0 Å². The van der Waals surface area contributed by atoms with Crippen molar-refractivity contribution >= 4 is 27.2 Å². The molecule has 0 saturated carbocycles. The Morgan fingerprint density at radius 1 is 0.929 bits per heavy atom. The van der Waals surface area contributed by atoms with Crippen molar-refractivity contribution in [3.63, 3.8) is 0 Å². The predicted octanol–water partition coefficient (Wildman–Crippen LogP) is -0.603. The van der Waals surface area contributed by atoms with Gasteiger partial charge in [0, 0.05) is 0 Å². The summed E-state index contributed by atoms with van der Waals surface area (Å²) >= 11 is 4.64. The van der Waals surface area contributed by atoms with E-state index in [0.29, 0.717) is 0 Å². The Labute approximate surface area is 83.4 Å². The van der Waals surface area contributed by atoms with Gasteiger partial charge in [0.15, 0.2) is 5.22 Å². The zero-order chi connectivity index (χ0) is 12.6. The first-order chi connectivity index (χ1) is 5.73. The Kier molecular flexibility index (Phi) is 11.7. The molecule has 0 aromatic carbocycles. The molecular formula is C2H9ClO9P2. The third-order valence-electron chi connectivity index (χ3n) is 0. The molecule has 0 aliphatic rings. The third-order valence-corrected chi connectivity index (χ3v) is 0. The lowest BCUT2D eigenvalue weighted by atomic mass is 11.2. The molecule has 0 aliphatic carbocycles. The molecule has 0 spiro atoms. The largest absolute Gasteiger partial charge is 0.499 e. The van der Waals surface area contributed by atoms with Gasteiger partial charge in [-0.1, -0.05) is 0 Å². The normalized spacial score (nSPS) is 10.2. The van der Waals surface area contributed by atoms with Crippen molar-refractivity contribution in [2.75, 3.05) is 0 Å². The zero-order valence-corrected chi connectivity index (χ0v) is 8.97. The summed E-state index contributed by atoms with van der Waals surface area (Å²) in [6.45, 7) is 2.88. The summed E-state index contributed by atoms with van der Waals surface area (Å²) in [6.07, 6.45) is 0. The first-order valence-corrected chi connectivity index (χ1v) is 5.84. The molecule has 0 unspecified atom stereocenters. The van der Waals surface area contributed by atoms with Gasteiger partial charge in [-0.15, -0.1) is 0 Å². The Bertz CT molecular complexity index is 197. The lowest BCUT2D eigenvalue weighted by molar-refractivity contribution is 0.272. The summed E-state index contributed by atoms with van der Waals surface area (Å²) in [7, 11) is -9.28. The number of aliphatic hydroxyl groups is 1. The molecular weight excluding hydrogens is 265 g/mol. The average Bonchev–Trinajstić information content (AvgIpc) is 1.45. The molecule has 0 atom stereocenters. The molecule has 0 radical (unpaired) electrons. The zero-order valence-electron chi connectivity index (χ0n) is 6.43. The van der Waals surface area contributed by atoms with Crippen LogP contribution >= 0.6 is 27.2 Å². The molecule has 9 nitrogen and oxygen atoms in total. The maximum absolute atomic E-state index is 8.88. The fourth-order valence-corrected chi connectivity index (χ4v) is 0. The van der Waals surface area contributed by atoms with E-state index in [1.165, 1.54) is 0 Å². The van der Waals surface area contributed by atoms with E-state index in [1.807, 2.05) is 0 Å². The maximum Gasteiger partial charge on any atom is 0.466 e. The van der Waals surface area contributed by atoms with Gasteiger partial charge in [-0.25, -0.2) is 9.13 Å². The summed E-state index contributed by atoms with van der Waals surface area (Å²) in [6, 6.07) is 0. The predicted molar refractivity (Wildman–Crippen MR) is 46.1 cm³/mol. The number of aliphatic hydroxyl groups excluding tert-OH is 1. The second kappa shape index (κ2) is 8.37. The van der Waals surface area contributed by atoms with Crippen molar-refractivity contribution < 1.29 is 43.6 Å². The highest BCUT2D eigenvalue weighted by Gasteiger charge is 2.00. The molecule has 0 amide bonds. The standard InChI is InChI=1S/C2H3ClO.2H3O4P/c1-2(3)4;2*1-5(2,3)4/h4H,1H2;2*(H3,1,2,3,4). The van der Waals surface area contributed by atoms with Crippen LogP contribution in [0.25, 0.3) is 0 Å². The van der Waals surface area contributed by atoms with Gasteiger partial charge in [0.25, 0.3) is 0 Å². The highest BCUT2D eigenvalue weighted by Crippen LogP contribution is 2.26. The van der Waals surface area contributed by atoms with E-state index in [1.54, 1.807) is 0 Å². The van der Waals surface area contributed by atoms with Crippen molar-refractivity contribution in [2.45, 2.75) is 0 Å². The van der Waals surface area contributed by atoms with E-state index in [2.05, 4.69) is 18.2 Å². The monoisotopic (exact) mass is 274 g/mol. The van der Waals surface area contributed by atoms with Crippen molar-refractivity contribution in [1.29, 1.82) is 0 Å². The quantitative estimate of drug-likeness (QED) is 0.224. The minimum Gasteiger partial charge on any atom is -0.499 e. The number of phosphoric acid groups is 2. The minimum atomic E-state index is -4.64. The van der Waals surface area contributed by atoms with Gasteiger partial charge < -0.3 is 34.5 Å². The van der Waals surface area contributed by atoms with E-state index < -0.39 is 15.6 Å². The highest BCUT2D eigenvalue weighted by molar-refractivity contribution is 7.45. The van der Waals surface area contributed by atoms with Gasteiger partial charge in [-0.05, 0) is 18.2 Å². The van der Waals surface area contributed by atoms with E-state index >= 15 is 0 Å². The molecule has 0 bridgehead atoms. The molecule has 0 aromatic rings. The second-order valence-electron chi connectivity index (χ2n) is 1.40. The van der Waals surface area contributed by atoms with Crippen molar-refractivity contribution in [3.8, 4) is 0 Å². The third kappa shape index (κ3) is 589000. The molecule has 0 saturated heterocycles. The van der Waals surface area contributed by atoms with Crippen LogP contribution in [0.3, 0.4) is 0 Å². The molecule has 0 aromatic heterocycles. The molecule has 14 heavy (non-hydrogen) atoms. The van der Waals surface area contributed by atoms with E-state index in [-0.39, 0.29) is 5.22 Å². The number of hydrogen-bond donors (Lipinski definition) is 7. The van der Waals surface area contributed by atoms with Crippen molar-refractivity contribution in [3.05, 3.63) is 11.8 Å². The van der Waals surface area contributed by atoms with E-state index in [0.717, 1.165) is 0 Å². The second-order valence-corrected chi connectivity index (χ2v) is 3.89. The first-order valence-electron chi connectivity index (χ1n) is 2.33. The first kappa shape index (κ1) is 19.6. The van der Waals surface area contributed by atoms with Crippen LogP contribution in [0.15, 0.2) is 11.8 Å². The van der Waals surface area contributed by atoms with Gasteiger partial charge in [0.1, 0.15) is 0 Å². The summed E-state index contributed by atoms with van der Waals surface area (Å²) in [5.74, 6) is 0. The van der Waals surface area contributed by atoms with Gasteiger partial charge in [-0.2, -0.15) is 0 Å².